The van der Waals surface area contributed by atoms with E-state index in [-0.39, 0.29) is 17.8 Å². The van der Waals surface area contributed by atoms with Crippen LogP contribution >= 0.6 is 11.8 Å². The quantitative estimate of drug-likeness (QED) is 0.572. The first-order valence-electron chi connectivity index (χ1n) is 7.42. The topological polar surface area (TPSA) is 66.2 Å². The van der Waals surface area contributed by atoms with E-state index in [1.807, 2.05) is 49.7 Å². The van der Waals surface area contributed by atoms with Crippen molar-refractivity contribution in [3.63, 3.8) is 0 Å². The van der Waals surface area contributed by atoms with Crippen molar-refractivity contribution in [2.45, 2.75) is 32.0 Å². The van der Waals surface area contributed by atoms with Gasteiger partial charge in [0.25, 0.3) is 0 Å². The molecule has 0 aliphatic carbocycles. The molecule has 6 nitrogen and oxygen atoms in total. The number of carbonyl (C=O) groups is 1. The fourth-order valence-electron chi connectivity index (χ4n) is 2.08. The number of aryl methyl sites for hydroxylation is 1. The molecule has 1 unspecified atom stereocenters. The van der Waals surface area contributed by atoms with Crippen LogP contribution in [0.1, 0.15) is 31.3 Å². The number of hydrogen-bond acceptors (Lipinski definition) is 6. The van der Waals surface area contributed by atoms with Crippen molar-refractivity contribution in [2.75, 3.05) is 12.4 Å². The molecule has 1 heterocycles. The first-order chi connectivity index (χ1) is 11.0. The van der Waals surface area contributed by atoms with Crippen molar-refractivity contribution in [3.05, 3.63) is 35.7 Å². The van der Waals surface area contributed by atoms with Crippen LogP contribution in [0.4, 0.5) is 0 Å². The third kappa shape index (κ3) is 4.72. The maximum atomic E-state index is 11.4. The number of benzene rings is 1. The molecule has 124 valence electrons. The summed E-state index contributed by atoms with van der Waals surface area (Å²) >= 11 is 1.30. The molecule has 7 heteroatoms. The molecule has 0 saturated carbocycles. The molecule has 0 fully saturated rings. The van der Waals surface area contributed by atoms with Crippen molar-refractivity contribution in [2.24, 2.45) is 7.05 Å². The largest absolute Gasteiger partial charge is 0.483 e. The molecule has 0 spiro atoms. The van der Waals surface area contributed by atoms with Gasteiger partial charge in [-0.1, -0.05) is 23.9 Å². The van der Waals surface area contributed by atoms with Gasteiger partial charge in [0.2, 0.25) is 0 Å². The SMILES string of the molecule is CCOC(=O)CSc1nnc(C(C)Oc2cccc(C)c2)n1C. The Morgan fingerprint density at radius 1 is 1.39 bits per heavy atom. The molecule has 0 aliphatic rings. The Balaban J connectivity index is 2.01. The molecule has 23 heavy (non-hydrogen) atoms. The van der Waals surface area contributed by atoms with Crippen LogP contribution in [0.15, 0.2) is 29.4 Å². The van der Waals surface area contributed by atoms with Crippen molar-refractivity contribution in [1.29, 1.82) is 0 Å². The van der Waals surface area contributed by atoms with Crippen LogP contribution in [0.2, 0.25) is 0 Å². The molecule has 1 aromatic heterocycles. The number of thioether (sulfide) groups is 1. The lowest BCUT2D eigenvalue weighted by atomic mass is 10.2. The van der Waals surface area contributed by atoms with Gasteiger partial charge < -0.3 is 14.0 Å². The van der Waals surface area contributed by atoms with Gasteiger partial charge in [-0.2, -0.15) is 0 Å². The molecular formula is C16H21N3O3S. The number of hydrogen-bond donors (Lipinski definition) is 0. The van der Waals surface area contributed by atoms with Crippen LogP contribution in [0, 0.1) is 6.92 Å². The highest BCUT2D eigenvalue weighted by atomic mass is 32.2. The van der Waals surface area contributed by atoms with Crippen LogP contribution in [0.3, 0.4) is 0 Å². The second-order valence-corrected chi connectivity index (χ2v) is 6.01. The summed E-state index contributed by atoms with van der Waals surface area (Å²) in [5, 5.41) is 8.95. The lowest BCUT2D eigenvalue weighted by Gasteiger charge is -2.14. The highest BCUT2D eigenvalue weighted by Gasteiger charge is 2.18. The number of esters is 1. The van der Waals surface area contributed by atoms with Gasteiger partial charge in [0.05, 0.1) is 12.4 Å². The van der Waals surface area contributed by atoms with Gasteiger partial charge in [-0.15, -0.1) is 10.2 Å². The number of nitrogens with zero attached hydrogens (tertiary/aromatic N) is 3. The van der Waals surface area contributed by atoms with Crippen LogP contribution in [-0.2, 0) is 16.6 Å². The third-order valence-corrected chi connectivity index (χ3v) is 4.15. The number of aromatic nitrogens is 3. The van der Waals surface area contributed by atoms with Crippen LogP contribution < -0.4 is 4.74 Å². The highest BCUT2D eigenvalue weighted by molar-refractivity contribution is 7.99. The minimum absolute atomic E-state index is 0.215. The summed E-state index contributed by atoms with van der Waals surface area (Å²) < 4.78 is 12.7. The van der Waals surface area contributed by atoms with E-state index < -0.39 is 0 Å². The maximum absolute atomic E-state index is 11.4. The predicted octanol–water partition coefficient (Wildman–Crippen LogP) is 2.92. The zero-order valence-electron chi connectivity index (χ0n) is 13.8. The van der Waals surface area contributed by atoms with Crippen molar-refractivity contribution in [3.8, 4) is 5.75 Å². The van der Waals surface area contributed by atoms with Crippen LogP contribution in [0.25, 0.3) is 0 Å². The van der Waals surface area contributed by atoms with Gasteiger partial charge in [0.1, 0.15) is 5.75 Å². The van der Waals surface area contributed by atoms with Gasteiger partial charge in [0.15, 0.2) is 17.1 Å². The molecule has 0 aliphatic heterocycles. The number of ether oxygens (including phenoxy) is 2. The summed E-state index contributed by atoms with van der Waals surface area (Å²) in [6.07, 6.45) is -0.244. The number of carbonyl (C=O) groups excluding carboxylic acids is 1. The first-order valence-corrected chi connectivity index (χ1v) is 8.40. The second-order valence-electron chi connectivity index (χ2n) is 5.07. The summed E-state index contributed by atoms with van der Waals surface area (Å²) in [6.45, 7) is 6.11. The van der Waals surface area contributed by atoms with Crippen molar-refractivity contribution >= 4 is 17.7 Å². The maximum Gasteiger partial charge on any atom is 0.316 e. The summed E-state index contributed by atoms with van der Waals surface area (Å²) in [6, 6.07) is 7.86. The standard InChI is InChI=1S/C16H21N3O3S/c1-5-21-14(20)10-23-16-18-17-15(19(16)4)12(3)22-13-8-6-7-11(2)9-13/h6-9,12H,5,10H2,1-4H3. The minimum Gasteiger partial charge on any atom is -0.483 e. The molecule has 0 amide bonds. The van der Waals surface area contributed by atoms with E-state index in [9.17, 15) is 4.79 Å². The van der Waals surface area contributed by atoms with Crippen molar-refractivity contribution < 1.29 is 14.3 Å². The summed E-state index contributed by atoms with van der Waals surface area (Å²) in [4.78, 5) is 11.4. The third-order valence-electron chi connectivity index (χ3n) is 3.16. The van der Waals surface area contributed by atoms with Gasteiger partial charge in [-0.05, 0) is 38.5 Å². The Bertz CT molecular complexity index is 672. The first kappa shape index (κ1) is 17.3. The highest BCUT2D eigenvalue weighted by Crippen LogP contribution is 2.24. The Morgan fingerprint density at radius 2 is 2.17 bits per heavy atom. The van der Waals surface area contributed by atoms with Gasteiger partial charge >= 0.3 is 5.97 Å². The van der Waals surface area contributed by atoms with Crippen LogP contribution in [-0.4, -0.2) is 33.1 Å². The summed E-state index contributed by atoms with van der Waals surface area (Å²) in [5.74, 6) is 1.46. The van der Waals surface area contributed by atoms with E-state index in [2.05, 4.69) is 10.2 Å². The molecule has 0 bridgehead atoms. The van der Waals surface area contributed by atoms with E-state index in [1.165, 1.54) is 11.8 Å². The molecule has 0 radical (unpaired) electrons. The molecule has 0 N–H and O–H groups in total. The molecule has 0 saturated heterocycles. The summed E-state index contributed by atoms with van der Waals surface area (Å²) in [7, 11) is 1.86. The number of rotatable bonds is 7. The fraction of sp³-hybridized carbons (Fsp3) is 0.438. The van der Waals surface area contributed by atoms with Crippen molar-refractivity contribution in [1.82, 2.24) is 14.8 Å². The van der Waals surface area contributed by atoms with E-state index >= 15 is 0 Å². The molecule has 1 atom stereocenters. The second kappa shape index (κ2) is 8.01. The molecule has 2 rings (SSSR count). The molecular weight excluding hydrogens is 314 g/mol. The van der Waals surface area contributed by atoms with E-state index in [4.69, 9.17) is 9.47 Å². The van der Waals surface area contributed by atoms with Gasteiger partial charge in [-0.3, -0.25) is 4.79 Å². The average molecular weight is 335 g/mol. The monoisotopic (exact) mass is 335 g/mol. The Labute approximate surface area is 140 Å². The Hall–Kier alpha value is -2.02. The average Bonchev–Trinajstić information content (AvgIpc) is 2.86. The molecule has 2 aromatic rings. The normalized spacial score (nSPS) is 12.0. The van der Waals surface area contributed by atoms with Gasteiger partial charge in [0, 0.05) is 7.05 Å². The Morgan fingerprint density at radius 3 is 2.87 bits per heavy atom. The van der Waals surface area contributed by atoms with Gasteiger partial charge in [-0.25, -0.2) is 0 Å². The fourth-order valence-corrected chi connectivity index (χ4v) is 2.79. The van der Waals surface area contributed by atoms with E-state index in [0.717, 1.165) is 11.3 Å². The lowest BCUT2D eigenvalue weighted by Crippen LogP contribution is -2.11. The lowest BCUT2D eigenvalue weighted by molar-refractivity contribution is -0.139. The zero-order valence-corrected chi connectivity index (χ0v) is 14.6. The minimum atomic E-state index is -0.258. The molecule has 1 aromatic carbocycles. The Kier molecular flexibility index (Phi) is 6.04. The van der Waals surface area contributed by atoms with Crippen LogP contribution in [0.5, 0.6) is 5.75 Å². The smallest absolute Gasteiger partial charge is 0.316 e. The zero-order chi connectivity index (χ0) is 16.8. The summed E-state index contributed by atoms with van der Waals surface area (Å²) in [5.41, 5.74) is 1.14. The van der Waals surface area contributed by atoms with E-state index in [1.54, 1.807) is 6.92 Å². The predicted molar refractivity (Wildman–Crippen MR) is 88.6 cm³/mol. The van der Waals surface area contributed by atoms with E-state index in [0.29, 0.717) is 17.6 Å².